The van der Waals surface area contributed by atoms with Gasteiger partial charge in [-0.3, -0.25) is 9.59 Å². The number of carbonyl (C=O) groups excluding carboxylic acids is 2. The number of amides is 2. The fourth-order valence-corrected chi connectivity index (χ4v) is 4.11. The number of likely N-dealkylation sites (tertiary alicyclic amines) is 1. The highest BCUT2D eigenvalue weighted by atomic mass is 32.2. The van der Waals surface area contributed by atoms with Gasteiger partial charge >= 0.3 is 0 Å². The van der Waals surface area contributed by atoms with Crippen molar-refractivity contribution in [2.45, 2.75) is 43.4 Å². The van der Waals surface area contributed by atoms with Gasteiger partial charge in [0.1, 0.15) is 5.75 Å². The highest BCUT2D eigenvalue weighted by Crippen LogP contribution is 2.28. The maximum absolute atomic E-state index is 12.5. The van der Waals surface area contributed by atoms with E-state index in [9.17, 15) is 18.0 Å². The molecule has 1 atom stereocenters. The molecule has 0 spiro atoms. The predicted molar refractivity (Wildman–Crippen MR) is 109 cm³/mol. The Kier molecular flexibility index (Phi) is 7.16. The maximum atomic E-state index is 12.5. The van der Waals surface area contributed by atoms with Crippen molar-refractivity contribution >= 4 is 21.7 Å². The molecular weight excluding hydrogens is 392 g/mol. The molecule has 8 heteroatoms. The first-order valence-corrected chi connectivity index (χ1v) is 12.2. The zero-order valence-corrected chi connectivity index (χ0v) is 17.7. The molecule has 1 aliphatic carbocycles. The zero-order valence-electron chi connectivity index (χ0n) is 16.9. The fourth-order valence-electron chi connectivity index (χ4n) is 3.48. The van der Waals surface area contributed by atoms with Crippen LogP contribution in [0.3, 0.4) is 0 Å². The molecule has 1 heterocycles. The van der Waals surface area contributed by atoms with Crippen LogP contribution in [0.1, 0.15) is 38.5 Å². The summed E-state index contributed by atoms with van der Waals surface area (Å²) < 4.78 is 28.5. The molecule has 1 saturated carbocycles. The van der Waals surface area contributed by atoms with Crippen LogP contribution in [0.4, 0.5) is 0 Å². The van der Waals surface area contributed by atoms with Crippen LogP contribution in [0.25, 0.3) is 0 Å². The Labute approximate surface area is 172 Å². The standard InChI is InChI=1S/C21H30N2O5S/c1-29(26,27)19-10-8-18(9-11-19)28-13-3-5-20(24)23-12-2-4-17(15-23)21(25)22-14-16-6-7-16/h8-11,16-17H,2-7,12-15H2,1H3,(H,22,25). The molecule has 1 saturated heterocycles. The lowest BCUT2D eigenvalue weighted by atomic mass is 9.96. The molecular formula is C21H30N2O5S. The van der Waals surface area contributed by atoms with Crippen molar-refractivity contribution in [1.82, 2.24) is 10.2 Å². The molecule has 1 aromatic rings. The molecule has 0 bridgehead atoms. The van der Waals surface area contributed by atoms with Gasteiger partial charge in [0.2, 0.25) is 11.8 Å². The number of nitrogens with zero attached hydrogens (tertiary/aromatic N) is 1. The highest BCUT2D eigenvalue weighted by Gasteiger charge is 2.29. The Hall–Kier alpha value is -2.09. The predicted octanol–water partition coefficient (Wildman–Crippen LogP) is 2.01. The molecule has 2 aliphatic rings. The van der Waals surface area contributed by atoms with Gasteiger partial charge in [-0.1, -0.05) is 0 Å². The van der Waals surface area contributed by atoms with Gasteiger partial charge in [-0.2, -0.15) is 0 Å². The van der Waals surface area contributed by atoms with Gasteiger partial charge in [0.05, 0.1) is 17.4 Å². The van der Waals surface area contributed by atoms with E-state index in [1.54, 1.807) is 17.0 Å². The van der Waals surface area contributed by atoms with Crippen LogP contribution in [-0.2, 0) is 19.4 Å². The number of sulfone groups is 1. The molecule has 0 aromatic heterocycles. The molecule has 0 radical (unpaired) electrons. The molecule has 1 aromatic carbocycles. The Morgan fingerprint density at radius 3 is 2.55 bits per heavy atom. The van der Waals surface area contributed by atoms with Gasteiger partial charge < -0.3 is 15.0 Å². The molecule has 7 nitrogen and oxygen atoms in total. The van der Waals surface area contributed by atoms with Crippen LogP contribution in [0.15, 0.2) is 29.2 Å². The molecule has 1 aliphatic heterocycles. The number of carbonyl (C=O) groups is 2. The first-order valence-electron chi connectivity index (χ1n) is 10.3. The van der Waals surface area contributed by atoms with Crippen LogP contribution >= 0.6 is 0 Å². The van der Waals surface area contributed by atoms with Crippen molar-refractivity contribution < 1.29 is 22.7 Å². The van der Waals surface area contributed by atoms with E-state index in [2.05, 4.69) is 5.32 Å². The van der Waals surface area contributed by atoms with Crippen LogP contribution in [0, 0.1) is 11.8 Å². The van der Waals surface area contributed by atoms with E-state index in [0.717, 1.165) is 25.6 Å². The highest BCUT2D eigenvalue weighted by molar-refractivity contribution is 7.90. The summed E-state index contributed by atoms with van der Waals surface area (Å²) in [5.74, 6) is 1.27. The minimum atomic E-state index is -3.22. The summed E-state index contributed by atoms with van der Waals surface area (Å²) in [6, 6.07) is 6.26. The Balaban J connectivity index is 1.36. The van der Waals surface area contributed by atoms with Crippen molar-refractivity contribution in [3.8, 4) is 5.75 Å². The van der Waals surface area contributed by atoms with Crippen LogP contribution < -0.4 is 10.1 Å². The number of hydrogen-bond donors (Lipinski definition) is 1. The van der Waals surface area contributed by atoms with Crippen LogP contribution in [-0.4, -0.2) is 57.6 Å². The summed E-state index contributed by atoms with van der Waals surface area (Å²) in [6.07, 6.45) is 6.22. The third-order valence-electron chi connectivity index (χ3n) is 5.46. The minimum Gasteiger partial charge on any atom is -0.494 e. The number of piperidine rings is 1. The van der Waals surface area contributed by atoms with E-state index in [0.29, 0.717) is 44.2 Å². The average molecular weight is 423 g/mol. The Morgan fingerprint density at radius 1 is 1.17 bits per heavy atom. The van der Waals surface area contributed by atoms with Gasteiger partial charge in [0.15, 0.2) is 9.84 Å². The van der Waals surface area contributed by atoms with Crippen molar-refractivity contribution in [3.05, 3.63) is 24.3 Å². The third kappa shape index (κ3) is 6.73. The average Bonchev–Trinajstić information content (AvgIpc) is 3.53. The summed E-state index contributed by atoms with van der Waals surface area (Å²) in [5.41, 5.74) is 0. The first kappa shape index (κ1) is 21.6. The SMILES string of the molecule is CS(=O)(=O)c1ccc(OCCCC(=O)N2CCCC(C(=O)NCC3CC3)C2)cc1. The van der Waals surface area contributed by atoms with Crippen molar-refractivity contribution in [1.29, 1.82) is 0 Å². The van der Waals surface area contributed by atoms with Gasteiger partial charge in [-0.05, 0) is 62.3 Å². The van der Waals surface area contributed by atoms with Gasteiger partial charge in [-0.25, -0.2) is 8.42 Å². The first-order chi connectivity index (χ1) is 13.8. The maximum Gasteiger partial charge on any atom is 0.224 e. The summed E-state index contributed by atoms with van der Waals surface area (Å²) in [6.45, 7) is 2.36. The van der Waals surface area contributed by atoms with E-state index in [-0.39, 0.29) is 22.6 Å². The number of ether oxygens (including phenoxy) is 1. The lowest BCUT2D eigenvalue weighted by molar-refractivity contribution is -0.135. The normalized spacial score (nSPS) is 19.6. The lowest BCUT2D eigenvalue weighted by Gasteiger charge is -2.32. The van der Waals surface area contributed by atoms with E-state index in [1.165, 1.54) is 25.0 Å². The number of benzene rings is 1. The molecule has 2 amide bonds. The van der Waals surface area contributed by atoms with E-state index in [1.807, 2.05) is 0 Å². The summed E-state index contributed by atoms with van der Waals surface area (Å²) >= 11 is 0. The molecule has 1 unspecified atom stereocenters. The minimum absolute atomic E-state index is 0.0562. The molecule has 3 rings (SSSR count). The quantitative estimate of drug-likeness (QED) is 0.615. The second-order valence-electron chi connectivity index (χ2n) is 8.06. The van der Waals surface area contributed by atoms with Crippen molar-refractivity contribution in [2.75, 3.05) is 32.5 Å². The fraction of sp³-hybridized carbons (Fsp3) is 0.619. The molecule has 2 fully saturated rings. The molecule has 160 valence electrons. The van der Waals surface area contributed by atoms with Gasteiger partial charge in [0.25, 0.3) is 0 Å². The monoisotopic (exact) mass is 422 g/mol. The lowest BCUT2D eigenvalue weighted by Crippen LogP contribution is -2.45. The van der Waals surface area contributed by atoms with Crippen LogP contribution in [0.2, 0.25) is 0 Å². The third-order valence-corrected chi connectivity index (χ3v) is 6.59. The van der Waals surface area contributed by atoms with E-state index < -0.39 is 9.84 Å². The summed E-state index contributed by atoms with van der Waals surface area (Å²) in [4.78, 5) is 26.8. The molecule has 1 N–H and O–H groups in total. The van der Waals surface area contributed by atoms with Crippen molar-refractivity contribution in [2.24, 2.45) is 11.8 Å². The van der Waals surface area contributed by atoms with Crippen LogP contribution in [0.5, 0.6) is 5.75 Å². The van der Waals surface area contributed by atoms with Crippen molar-refractivity contribution in [3.63, 3.8) is 0 Å². The second kappa shape index (κ2) is 9.61. The smallest absolute Gasteiger partial charge is 0.224 e. The van der Waals surface area contributed by atoms with Gasteiger partial charge in [0, 0.05) is 32.3 Å². The number of hydrogen-bond acceptors (Lipinski definition) is 5. The Bertz CT molecular complexity index is 818. The summed E-state index contributed by atoms with van der Waals surface area (Å²) in [7, 11) is -3.22. The van der Waals surface area contributed by atoms with Gasteiger partial charge in [-0.15, -0.1) is 0 Å². The zero-order chi connectivity index (χ0) is 20.9. The second-order valence-corrected chi connectivity index (χ2v) is 10.1. The van der Waals surface area contributed by atoms with E-state index in [4.69, 9.17) is 4.74 Å². The van der Waals surface area contributed by atoms with E-state index >= 15 is 0 Å². The topological polar surface area (TPSA) is 92.8 Å². The molecule has 29 heavy (non-hydrogen) atoms. The Morgan fingerprint density at radius 2 is 1.90 bits per heavy atom. The number of rotatable bonds is 9. The summed E-state index contributed by atoms with van der Waals surface area (Å²) in [5, 5.41) is 3.02. The largest absolute Gasteiger partial charge is 0.494 e. The number of nitrogens with one attached hydrogen (secondary N) is 1.